The van der Waals surface area contributed by atoms with Gasteiger partial charge in [0.05, 0.1) is 12.1 Å². The van der Waals surface area contributed by atoms with Crippen LogP contribution in [-0.2, 0) is 19.2 Å². The zero-order valence-electron chi connectivity index (χ0n) is 29.4. The molecule has 260 valence electrons. The first-order valence-electron chi connectivity index (χ1n) is 17.0. The van der Waals surface area contributed by atoms with Crippen LogP contribution in [0.2, 0.25) is 0 Å². The lowest BCUT2D eigenvalue weighted by molar-refractivity contribution is -0.145. The van der Waals surface area contributed by atoms with E-state index in [0.717, 1.165) is 25.7 Å². The second-order valence-electron chi connectivity index (χ2n) is 15.3. The maximum absolute atomic E-state index is 14.3. The van der Waals surface area contributed by atoms with Crippen LogP contribution in [0.15, 0.2) is 30.3 Å². The number of nitrogens with two attached hydrogens (primary N) is 1. The standard InChI is InChI=1S/C36H55N5O6/c1-9-10-11-12-16-19-24(29(43)31(37)44)38-32(45)27-25-23(36(25,7)8)20-41(27)33(46)30(35(4,5)6)40-34(47)39-26(21(2)3)28(42)22-17-14-13-15-18-22/h13-15,17-18,21,23-27,30H,9-12,16,19-20H2,1-8H3,(H2,37,44)(H,38,45)(H2,39,40,47)/t23-,24?,25-,26-,27-,30+/m0/s1. The molecule has 1 aliphatic carbocycles. The number of piperidine rings is 1. The highest BCUT2D eigenvalue weighted by Gasteiger charge is 2.70. The van der Waals surface area contributed by atoms with E-state index in [4.69, 9.17) is 5.73 Å². The molecule has 2 fully saturated rings. The van der Waals surface area contributed by atoms with Gasteiger partial charge in [-0.15, -0.1) is 0 Å². The van der Waals surface area contributed by atoms with Gasteiger partial charge in [0.15, 0.2) is 5.78 Å². The number of hydrogen-bond acceptors (Lipinski definition) is 6. The van der Waals surface area contributed by atoms with Crippen molar-refractivity contribution < 1.29 is 28.8 Å². The van der Waals surface area contributed by atoms with Crippen molar-refractivity contribution in [3.05, 3.63) is 35.9 Å². The third-order valence-corrected chi connectivity index (χ3v) is 9.91. The summed E-state index contributed by atoms with van der Waals surface area (Å²) < 4.78 is 0. The molecular weight excluding hydrogens is 598 g/mol. The van der Waals surface area contributed by atoms with E-state index in [-0.39, 0.29) is 35.4 Å². The summed E-state index contributed by atoms with van der Waals surface area (Å²) in [6.07, 6.45) is 4.87. The topological polar surface area (TPSA) is 168 Å². The molecule has 1 heterocycles. The van der Waals surface area contributed by atoms with E-state index in [0.29, 0.717) is 18.5 Å². The number of rotatable bonds is 16. The van der Waals surface area contributed by atoms with E-state index in [2.05, 4.69) is 22.9 Å². The van der Waals surface area contributed by atoms with Crippen LogP contribution in [0.3, 0.4) is 0 Å². The summed E-state index contributed by atoms with van der Waals surface area (Å²) in [7, 11) is 0. The first kappa shape index (κ1) is 37.7. The summed E-state index contributed by atoms with van der Waals surface area (Å²) in [6, 6.07) is 4.23. The van der Waals surface area contributed by atoms with Crippen molar-refractivity contribution in [1.29, 1.82) is 0 Å². The average Bonchev–Trinajstić information content (AvgIpc) is 3.31. The van der Waals surface area contributed by atoms with Crippen molar-refractivity contribution in [2.24, 2.45) is 34.3 Å². The number of ketones is 2. The van der Waals surface area contributed by atoms with Crippen molar-refractivity contribution in [3.8, 4) is 0 Å². The molecule has 11 heteroatoms. The van der Waals surface area contributed by atoms with Gasteiger partial charge in [-0.25, -0.2) is 4.79 Å². The fourth-order valence-corrected chi connectivity index (χ4v) is 6.91. The van der Waals surface area contributed by atoms with Crippen LogP contribution in [0.5, 0.6) is 0 Å². The summed E-state index contributed by atoms with van der Waals surface area (Å²) in [4.78, 5) is 81.0. The normalized spacial score (nSPS) is 21.6. The zero-order valence-corrected chi connectivity index (χ0v) is 29.4. The summed E-state index contributed by atoms with van der Waals surface area (Å²) in [5.41, 5.74) is 4.85. The molecule has 3 rings (SSSR count). The number of benzene rings is 1. The molecule has 5 N–H and O–H groups in total. The minimum Gasteiger partial charge on any atom is -0.363 e. The van der Waals surface area contributed by atoms with E-state index in [1.54, 1.807) is 24.3 Å². The largest absolute Gasteiger partial charge is 0.363 e. The Kier molecular flexibility index (Phi) is 12.4. The highest BCUT2D eigenvalue weighted by atomic mass is 16.2. The van der Waals surface area contributed by atoms with Gasteiger partial charge in [-0.3, -0.25) is 24.0 Å². The van der Waals surface area contributed by atoms with Gasteiger partial charge in [0.2, 0.25) is 17.6 Å². The first-order chi connectivity index (χ1) is 21.9. The predicted molar refractivity (Wildman–Crippen MR) is 180 cm³/mol. The van der Waals surface area contributed by atoms with Crippen molar-refractivity contribution in [2.75, 3.05) is 6.54 Å². The number of urea groups is 1. The first-order valence-corrected chi connectivity index (χ1v) is 17.0. The van der Waals surface area contributed by atoms with Crippen molar-refractivity contribution >= 4 is 35.3 Å². The number of likely N-dealkylation sites (tertiary alicyclic amines) is 1. The Morgan fingerprint density at radius 1 is 0.936 bits per heavy atom. The minimum absolute atomic E-state index is 0.0600. The van der Waals surface area contributed by atoms with Crippen LogP contribution in [-0.4, -0.2) is 70.9 Å². The molecule has 11 nitrogen and oxygen atoms in total. The molecule has 1 aromatic rings. The SMILES string of the molecule is CCCCCCCC(NC(=O)[C@@H]1[C@@H]2[C@H](CN1C(=O)[C@@H](NC(=O)N[C@H](C(=O)c1ccccc1)C(C)C)C(C)(C)C)C2(C)C)C(=O)C(N)=O. The van der Waals surface area contributed by atoms with Crippen molar-refractivity contribution in [2.45, 2.75) is 118 Å². The second-order valence-corrected chi connectivity index (χ2v) is 15.3. The number of Topliss-reactive ketones (excluding diaryl/α,β-unsaturated/α-hetero) is 2. The Balaban J connectivity index is 1.81. The van der Waals surface area contributed by atoms with Gasteiger partial charge in [-0.2, -0.15) is 0 Å². The third-order valence-electron chi connectivity index (χ3n) is 9.91. The smallest absolute Gasteiger partial charge is 0.316 e. The highest BCUT2D eigenvalue weighted by molar-refractivity contribution is 6.37. The van der Waals surface area contributed by atoms with Gasteiger partial charge in [0.1, 0.15) is 12.1 Å². The summed E-state index contributed by atoms with van der Waals surface area (Å²) in [5, 5.41) is 8.37. The number of primary amides is 1. The van der Waals surface area contributed by atoms with E-state index in [1.807, 2.05) is 54.5 Å². The molecule has 47 heavy (non-hydrogen) atoms. The number of amides is 5. The van der Waals surface area contributed by atoms with Gasteiger partial charge >= 0.3 is 6.03 Å². The van der Waals surface area contributed by atoms with Gasteiger partial charge in [-0.1, -0.05) is 118 Å². The number of carbonyl (C=O) groups excluding carboxylic acids is 6. The maximum Gasteiger partial charge on any atom is 0.316 e. The number of hydrogen-bond donors (Lipinski definition) is 4. The van der Waals surface area contributed by atoms with Crippen LogP contribution in [0, 0.1) is 28.6 Å². The summed E-state index contributed by atoms with van der Waals surface area (Å²) >= 11 is 0. The second kappa shape index (κ2) is 15.4. The Hall–Kier alpha value is -3.76. The van der Waals surface area contributed by atoms with Crippen LogP contribution in [0.1, 0.15) is 104 Å². The molecule has 0 spiro atoms. The lowest BCUT2D eigenvalue weighted by Gasteiger charge is -2.38. The molecule has 1 saturated carbocycles. The monoisotopic (exact) mass is 653 g/mol. The van der Waals surface area contributed by atoms with Crippen LogP contribution < -0.4 is 21.7 Å². The van der Waals surface area contributed by atoms with Gasteiger partial charge in [-0.05, 0) is 35.0 Å². The number of nitrogens with zero attached hydrogens (tertiary/aromatic N) is 1. The zero-order chi connectivity index (χ0) is 35.3. The van der Waals surface area contributed by atoms with Crippen LogP contribution >= 0.6 is 0 Å². The van der Waals surface area contributed by atoms with E-state index in [1.165, 1.54) is 4.90 Å². The number of carbonyl (C=O) groups is 6. The fourth-order valence-electron chi connectivity index (χ4n) is 6.91. The highest BCUT2D eigenvalue weighted by Crippen LogP contribution is 2.65. The Morgan fingerprint density at radius 3 is 2.11 bits per heavy atom. The quantitative estimate of drug-likeness (QED) is 0.120. The fraction of sp³-hybridized carbons (Fsp3) is 0.667. The van der Waals surface area contributed by atoms with E-state index in [9.17, 15) is 28.8 Å². The van der Waals surface area contributed by atoms with Gasteiger partial charge in [0.25, 0.3) is 5.91 Å². The lowest BCUT2D eigenvalue weighted by atomic mass is 9.85. The van der Waals surface area contributed by atoms with E-state index >= 15 is 0 Å². The molecular formula is C36H55N5O6. The molecule has 0 radical (unpaired) electrons. The maximum atomic E-state index is 14.3. The molecule has 6 atom stereocenters. The van der Waals surface area contributed by atoms with Crippen molar-refractivity contribution in [1.82, 2.24) is 20.9 Å². The Labute approximate surface area is 279 Å². The molecule has 2 aliphatic rings. The van der Waals surface area contributed by atoms with Crippen molar-refractivity contribution in [3.63, 3.8) is 0 Å². The molecule has 1 aliphatic heterocycles. The minimum atomic E-state index is -1.11. The Bertz CT molecular complexity index is 1320. The molecule has 1 unspecified atom stereocenters. The Morgan fingerprint density at radius 2 is 1.55 bits per heavy atom. The summed E-state index contributed by atoms with van der Waals surface area (Å²) in [5.74, 6) is -3.44. The van der Waals surface area contributed by atoms with Gasteiger partial charge in [0, 0.05) is 12.1 Å². The number of nitrogens with one attached hydrogen (secondary N) is 3. The van der Waals surface area contributed by atoms with E-state index < -0.39 is 59.1 Å². The number of fused-ring (bicyclic) bond motifs is 1. The molecule has 0 bridgehead atoms. The molecule has 5 amide bonds. The van der Waals surface area contributed by atoms with Crippen LogP contribution in [0.25, 0.3) is 0 Å². The van der Waals surface area contributed by atoms with Gasteiger partial charge < -0.3 is 26.6 Å². The summed E-state index contributed by atoms with van der Waals surface area (Å²) in [6.45, 7) is 15.6. The average molecular weight is 654 g/mol. The number of unbranched alkanes of at least 4 members (excludes halogenated alkanes) is 4. The lowest BCUT2D eigenvalue weighted by Crippen LogP contribution is -2.62. The predicted octanol–water partition coefficient (Wildman–Crippen LogP) is 3.99. The van der Waals surface area contributed by atoms with Crippen LogP contribution in [0.4, 0.5) is 4.79 Å². The molecule has 0 aromatic heterocycles. The molecule has 1 aromatic carbocycles. The third kappa shape index (κ3) is 8.99. The molecule has 1 saturated heterocycles.